The Bertz CT molecular complexity index is 827. The maximum absolute atomic E-state index is 12.8. The lowest BCUT2D eigenvalue weighted by molar-refractivity contribution is -0.0163. The van der Waals surface area contributed by atoms with Crippen molar-refractivity contribution in [2.75, 3.05) is 19.7 Å². The van der Waals surface area contributed by atoms with Crippen molar-refractivity contribution >= 4 is 29.1 Å². The Hall–Kier alpha value is -1.75. The Balaban J connectivity index is 1.64. The zero-order chi connectivity index (χ0) is 19.4. The second-order valence-corrected chi connectivity index (χ2v) is 7.89. The second-order valence-electron chi connectivity index (χ2n) is 7.07. The average molecular weight is 408 g/mol. The van der Waals surface area contributed by atoms with Gasteiger partial charge in [0.05, 0.1) is 15.6 Å². The number of aliphatic hydroxyl groups is 1. The number of ether oxygens (including phenoxy) is 1. The molecule has 0 spiro atoms. The van der Waals surface area contributed by atoms with Crippen molar-refractivity contribution in [1.82, 2.24) is 4.90 Å². The highest BCUT2D eigenvalue weighted by Gasteiger charge is 2.33. The third kappa shape index (κ3) is 4.95. The molecule has 0 saturated carbocycles. The van der Waals surface area contributed by atoms with Crippen LogP contribution in [-0.2, 0) is 0 Å². The van der Waals surface area contributed by atoms with Gasteiger partial charge in [0, 0.05) is 13.1 Å². The van der Waals surface area contributed by atoms with Crippen molar-refractivity contribution in [3.63, 3.8) is 0 Å². The van der Waals surface area contributed by atoms with Gasteiger partial charge in [-0.3, -0.25) is 4.79 Å². The van der Waals surface area contributed by atoms with Gasteiger partial charge in [-0.15, -0.1) is 0 Å². The molecule has 1 amide bonds. The molecular weight excluding hydrogens is 385 g/mol. The molecule has 1 atom stereocenters. The molecule has 1 aliphatic rings. The first-order valence-corrected chi connectivity index (χ1v) is 9.79. The van der Waals surface area contributed by atoms with Crippen molar-refractivity contribution in [3.05, 3.63) is 63.6 Å². The molecule has 3 rings (SSSR count). The van der Waals surface area contributed by atoms with Crippen LogP contribution in [0.4, 0.5) is 0 Å². The molecule has 0 aromatic heterocycles. The van der Waals surface area contributed by atoms with E-state index in [0.717, 1.165) is 5.56 Å². The first-order valence-electron chi connectivity index (χ1n) is 9.03. The van der Waals surface area contributed by atoms with Crippen LogP contribution in [0, 0.1) is 6.92 Å². The Morgan fingerprint density at radius 3 is 2.70 bits per heavy atom. The van der Waals surface area contributed by atoms with Gasteiger partial charge >= 0.3 is 0 Å². The van der Waals surface area contributed by atoms with Crippen LogP contribution in [0.2, 0.25) is 10.0 Å². The fraction of sp³-hybridized carbons (Fsp3) is 0.381. The topological polar surface area (TPSA) is 49.8 Å². The Labute approximate surface area is 169 Å². The van der Waals surface area contributed by atoms with Crippen molar-refractivity contribution < 1.29 is 14.6 Å². The lowest BCUT2D eigenvalue weighted by Gasteiger charge is -2.27. The highest BCUT2D eigenvalue weighted by molar-refractivity contribution is 6.33. The lowest BCUT2D eigenvalue weighted by atomic mass is 9.96. The third-order valence-corrected chi connectivity index (χ3v) is 5.53. The zero-order valence-corrected chi connectivity index (χ0v) is 16.8. The van der Waals surface area contributed by atoms with E-state index in [1.807, 2.05) is 19.1 Å². The summed E-state index contributed by atoms with van der Waals surface area (Å²) in [6.45, 7) is 3.13. The molecule has 0 radical (unpaired) electrons. The third-order valence-electron chi connectivity index (χ3n) is 4.89. The molecule has 1 aliphatic heterocycles. The van der Waals surface area contributed by atoms with Crippen LogP contribution in [0.3, 0.4) is 0 Å². The minimum Gasteiger partial charge on any atom is -0.489 e. The van der Waals surface area contributed by atoms with E-state index >= 15 is 0 Å². The number of halogens is 2. The van der Waals surface area contributed by atoms with E-state index in [1.54, 1.807) is 35.2 Å². The zero-order valence-electron chi connectivity index (χ0n) is 15.3. The van der Waals surface area contributed by atoms with Gasteiger partial charge in [-0.05, 0) is 56.0 Å². The van der Waals surface area contributed by atoms with Crippen molar-refractivity contribution in [1.29, 1.82) is 0 Å². The van der Waals surface area contributed by atoms with Gasteiger partial charge in [0.2, 0.25) is 0 Å². The average Bonchev–Trinajstić information content (AvgIpc) is 2.85. The van der Waals surface area contributed by atoms with Gasteiger partial charge in [0.15, 0.2) is 0 Å². The van der Waals surface area contributed by atoms with Gasteiger partial charge in [-0.2, -0.15) is 0 Å². The first-order chi connectivity index (χ1) is 12.9. The van der Waals surface area contributed by atoms with Gasteiger partial charge in [0.25, 0.3) is 5.91 Å². The number of carbonyl (C=O) groups is 1. The Morgan fingerprint density at radius 2 is 1.93 bits per heavy atom. The number of aryl methyl sites for hydroxylation is 1. The predicted molar refractivity (Wildman–Crippen MR) is 108 cm³/mol. The summed E-state index contributed by atoms with van der Waals surface area (Å²) >= 11 is 12.3. The quantitative estimate of drug-likeness (QED) is 0.795. The SMILES string of the molecule is Cc1ccc(Cl)c(OC[C@]2(O)CCCN(C(=O)c3ccccc3Cl)CC2)c1. The number of carbonyl (C=O) groups excluding carboxylic acids is 1. The number of amides is 1. The summed E-state index contributed by atoms with van der Waals surface area (Å²) in [5.41, 5.74) is 0.536. The summed E-state index contributed by atoms with van der Waals surface area (Å²) in [5.74, 6) is 0.464. The molecule has 2 aromatic carbocycles. The molecule has 144 valence electrons. The van der Waals surface area contributed by atoms with Crippen LogP contribution in [0.15, 0.2) is 42.5 Å². The van der Waals surface area contributed by atoms with Crippen LogP contribution in [0.25, 0.3) is 0 Å². The number of rotatable bonds is 4. The van der Waals surface area contributed by atoms with Crippen molar-refractivity contribution in [3.8, 4) is 5.75 Å². The summed E-state index contributed by atoms with van der Waals surface area (Å²) in [6.07, 6.45) is 1.69. The van der Waals surface area contributed by atoms with E-state index in [-0.39, 0.29) is 12.5 Å². The van der Waals surface area contributed by atoms with Crippen LogP contribution >= 0.6 is 23.2 Å². The fourth-order valence-corrected chi connectivity index (χ4v) is 3.65. The molecule has 27 heavy (non-hydrogen) atoms. The van der Waals surface area contributed by atoms with Crippen LogP contribution in [0.5, 0.6) is 5.75 Å². The molecule has 1 heterocycles. The highest BCUT2D eigenvalue weighted by atomic mass is 35.5. The fourth-order valence-electron chi connectivity index (χ4n) is 3.26. The summed E-state index contributed by atoms with van der Waals surface area (Å²) < 4.78 is 5.81. The molecule has 1 fully saturated rings. The van der Waals surface area contributed by atoms with Crippen LogP contribution in [0.1, 0.15) is 35.2 Å². The maximum Gasteiger partial charge on any atom is 0.255 e. The number of hydrogen-bond donors (Lipinski definition) is 1. The largest absolute Gasteiger partial charge is 0.489 e. The summed E-state index contributed by atoms with van der Waals surface area (Å²) in [6, 6.07) is 12.6. The van der Waals surface area contributed by atoms with E-state index in [1.165, 1.54) is 0 Å². The van der Waals surface area contributed by atoms with Gasteiger partial charge < -0.3 is 14.7 Å². The Morgan fingerprint density at radius 1 is 1.15 bits per heavy atom. The standard InChI is InChI=1S/C21H23Cl2NO3/c1-15-7-8-18(23)19(13-15)27-14-21(26)9-4-11-24(12-10-21)20(25)16-5-2-3-6-17(16)22/h2-3,5-8,13,26H,4,9-12,14H2,1H3/t21-/m0/s1. The summed E-state index contributed by atoms with van der Waals surface area (Å²) in [5, 5.41) is 11.9. The van der Waals surface area contributed by atoms with E-state index in [9.17, 15) is 9.90 Å². The van der Waals surface area contributed by atoms with Crippen molar-refractivity contribution in [2.24, 2.45) is 0 Å². The number of hydrogen-bond acceptors (Lipinski definition) is 3. The van der Waals surface area contributed by atoms with E-state index < -0.39 is 5.60 Å². The van der Waals surface area contributed by atoms with Crippen LogP contribution in [-0.4, -0.2) is 41.2 Å². The highest BCUT2D eigenvalue weighted by Crippen LogP contribution is 2.29. The van der Waals surface area contributed by atoms with Crippen LogP contribution < -0.4 is 4.74 Å². The summed E-state index contributed by atoms with van der Waals surface area (Å²) in [7, 11) is 0. The summed E-state index contributed by atoms with van der Waals surface area (Å²) in [4.78, 5) is 14.5. The number of benzene rings is 2. The number of likely N-dealkylation sites (tertiary alicyclic amines) is 1. The molecular formula is C21H23Cl2NO3. The molecule has 6 heteroatoms. The van der Waals surface area contributed by atoms with E-state index in [4.69, 9.17) is 27.9 Å². The minimum atomic E-state index is -0.997. The lowest BCUT2D eigenvalue weighted by Crippen LogP contribution is -2.38. The molecule has 0 bridgehead atoms. The molecule has 0 aliphatic carbocycles. The Kier molecular flexibility index (Phi) is 6.30. The van der Waals surface area contributed by atoms with E-state index in [0.29, 0.717) is 53.7 Å². The van der Waals surface area contributed by atoms with Gasteiger partial charge in [-0.1, -0.05) is 41.4 Å². The molecule has 4 nitrogen and oxygen atoms in total. The minimum absolute atomic E-state index is 0.104. The molecule has 0 unspecified atom stereocenters. The maximum atomic E-state index is 12.8. The predicted octanol–water partition coefficient (Wildman–Crippen LogP) is 4.74. The first kappa shape index (κ1) is 20.0. The monoisotopic (exact) mass is 407 g/mol. The van der Waals surface area contributed by atoms with Crippen molar-refractivity contribution in [2.45, 2.75) is 31.8 Å². The second kappa shape index (κ2) is 8.51. The smallest absolute Gasteiger partial charge is 0.255 e. The molecule has 1 N–H and O–H groups in total. The van der Waals surface area contributed by atoms with Gasteiger partial charge in [0.1, 0.15) is 18.0 Å². The normalized spacial score (nSPS) is 20.2. The van der Waals surface area contributed by atoms with E-state index in [2.05, 4.69) is 0 Å². The van der Waals surface area contributed by atoms with Gasteiger partial charge in [-0.25, -0.2) is 0 Å². The molecule has 2 aromatic rings. The number of nitrogens with zero attached hydrogens (tertiary/aromatic N) is 1. The molecule has 1 saturated heterocycles.